The normalized spacial score (nSPS) is 17.1. The van der Waals surface area contributed by atoms with Crippen molar-refractivity contribution in [3.8, 4) is 0 Å². The minimum atomic E-state index is -3.67. The Morgan fingerprint density at radius 2 is 1.89 bits per heavy atom. The quantitative estimate of drug-likeness (QED) is 0.676. The average molecular weight is 415 g/mol. The lowest BCUT2D eigenvalue weighted by Gasteiger charge is -2.20. The summed E-state index contributed by atoms with van der Waals surface area (Å²) in [6.07, 6.45) is 5.85. The summed E-state index contributed by atoms with van der Waals surface area (Å²) in [5.74, 6) is -1.09. The highest BCUT2D eigenvalue weighted by atomic mass is 32.2. The molecule has 1 aliphatic heterocycles. The van der Waals surface area contributed by atoms with Gasteiger partial charge in [0.15, 0.2) is 0 Å². The first kappa shape index (κ1) is 21.7. The molecule has 9 heteroatoms. The Morgan fingerprint density at radius 3 is 2.48 bits per heavy atom. The third-order valence-corrected chi connectivity index (χ3v) is 7.05. The second-order valence-corrected chi connectivity index (χ2v) is 9.42. The number of benzene rings is 1. The van der Waals surface area contributed by atoms with Gasteiger partial charge in [0.05, 0.1) is 4.90 Å². The molecule has 1 aromatic carbocycles. The van der Waals surface area contributed by atoms with Gasteiger partial charge in [-0.1, -0.05) is 18.9 Å². The molecule has 27 heavy (non-hydrogen) atoms. The van der Waals surface area contributed by atoms with E-state index in [9.17, 15) is 23.1 Å². The van der Waals surface area contributed by atoms with Crippen molar-refractivity contribution in [3.05, 3.63) is 29.8 Å². The summed E-state index contributed by atoms with van der Waals surface area (Å²) in [6.45, 7) is 0.961. The van der Waals surface area contributed by atoms with Crippen LogP contribution in [-0.2, 0) is 14.8 Å². The van der Waals surface area contributed by atoms with Crippen molar-refractivity contribution >= 4 is 33.7 Å². The zero-order valence-corrected chi connectivity index (χ0v) is 17.0. The van der Waals surface area contributed by atoms with E-state index in [1.165, 1.54) is 40.3 Å². The number of carboxylic acids is 1. The predicted octanol–water partition coefficient (Wildman–Crippen LogP) is 2.19. The number of nitrogens with one attached hydrogen (secondary N) is 1. The summed E-state index contributed by atoms with van der Waals surface area (Å²) in [5.41, 5.74) is 0.140. The molecule has 7 nitrogen and oxygen atoms in total. The molecule has 0 bridgehead atoms. The molecule has 150 valence electrons. The summed E-state index contributed by atoms with van der Waals surface area (Å²) in [4.78, 5) is 23.8. The van der Waals surface area contributed by atoms with E-state index in [-0.39, 0.29) is 10.5 Å². The first-order valence-electron chi connectivity index (χ1n) is 8.99. The number of rotatable bonds is 8. The van der Waals surface area contributed by atoms with Crippen molar-refractivity contribution in [2.75, 3.05) is 25.1 Å². The molecule has 0 saturated carbocycles. The van der Waals surface area contributed by atoms with Crippen LogP contribution in [-0.4, -0.2) is 60.8 Å². The van der Waals surface area contributed by atoms with Gasteiger partial charge in [-0.15, -0.1) is 0 Å². The Morgan fingerprint density at radius 1 is 1.22 bits per heavy atom. The molecule has 1 aliphatic rings. The molecular formula is C18H26N2O5S2. The van der Waals surface area contributed by atoms with Gasteiger partial charge in [0.1, 0.15) is 6.04 Å². The third-order valence-electron chi connectivity index (χ3n) is 4.51. The van der Waals surface area contributed by atoms with Gasteiger partial charge in [-0.25, -0.2) is 13.2 Å². The van der Waals surface area contributed by atoms with E-state index in [0.717, 1.165) is 25.7 Å². The number of sulfonamides is 1. The van der Waals surface area contributed by atoms with E-state index < -0.39 is 27.9 Å². The predicted molar refractivity (Wildman–Crippen MR) is 106 cm³/mol. The molecular weight excluding hydrogens is 388 g/mol. The summed E-state index contributed by atoms with van der Waals surface area (Å²) < 4.78 is 27.2. The number of nitrogens with zero attached hydrogens (tertiary/aromatic N) is 1. The standard InChI is InChI=1S/C18H26N2O5S2/c1-26-12-9-16(18(22)23)19-17(21)14-7-6-8-15(13-14)27(24,25)20-10-4-2-3-5-11-20/h6-8,13,16H,2-5,9-12H2,1H3,(H,19,21)(H,22,23)/t16-/m1/s1. The molecule has 1 aromatic rings. The van der Waals surface area contributed by atoms with E-state index >= 15 is 0 Å². The monoisotopic (exact) mass is 414 g/mol. The third kappa shape index (κ3) is 5.95. The molecule has 0 unspecified atom stereocenters. The zero-order chi connectivity index (χ0) is 19.9. The van der Waals surface area contributed by atoms with Gasteiger partial charge in [-0.05, 0) is 49.5 Å². The summed E-state index contributed by atoms with van der Waals surface area (Å²) in [7, 11) is -3.67. The van der Waals surface area contributed by atoms with Crippen molar-refractivity contribution in [3.63, 3.8) is 0 Å². The maximum atomic E-state index is 12.9. The maximum Gasteiger partial charge on any atom is 0.326 e. The molecule has 2 N–H and O–H groups in total. The van der Waals surface area contributed by atoms with Gasteiger partial charge in [0, 0.05) is 18.7 Å². The van der Waals surface area contributed by atoms with Crippen LogP contribution in [0.3, 0.4) is 0 Å². The SMILES string of the molecule is CSCC[C@@H](NC(=O)c1cccc(S(=O)(=O)N2CCCCCC2)c1)C(=O)O. The van der Waals surface area contributed by atoms with Crippen molar-refractivity contribution in [2.45, 2.75) is 43.0 Å². The van der Waals surface area contributed by atoms with Crippen molar-refractivity contribution < 1.29 is 23.1 Å². The van der Waals surface area contributed by atoms with Gasteiger partial charge in [0.25, 0.3) is 5.91 Å². The number of thioether (sulfide) groups is 1. The largest absolute Gasteiger partial charge is 0.480 e. The summed E-state index contributed by atoms with van der Waals surface area (Å²) in [6, 6.07) is 4.79. The highest BCUT2D eigenvalue weighted by Crippen LogP contribution is 2.21. The highest BCUT2D eigenvalue weighted by Gasteiger charge is 2.26. The van der Waals surface area contributed by atoms with Crippen LogP contribution < -0.4 is 5.32 Å². The number of hydrogen-bond donors (Lipinski definition) is 2. The topological polar surface area (TPSA) is 104 Å². The Kier molecular flexibility index (Phi) is 8.12. The van der Waals surface area contributed by atoms with Crippen LogP contribution in [0.25, 0.3) is 0 Å². The number of carbonyl (C=O) groups excluding carboxylic acids is 1. The lowest BCUT2D eigenvalue weighted by atomic mass is 10.1. The molecule has 0 spiro atoms. The van der Waals surface area contributed by atoms with Gasteiger partial charge < -0.3 is 10.4 Å². The molecule has 0 aliphatic carbocycles. The average Bonchev–Trinajstić information content (AvgIpc) is 2.95. The summed E-state index contributed by atoms with van der Waals surface area (Å²) >= 11 is 1.49. The van der Waals surface area contributed by atoms with Crippen molar-refractivity contribution in [2.24, 2.45) is 0 Å². The van der Waals surface area contributed by atoms with Crippen LogP contribution in [0.1, 0.15) is 42.5 Å². The second kappa shape index (κ2) is 10.1. The van der Waals surface area contributed by atoms with Crippen LogP contribution >= 0.6 is 11.8 Å². The first-order valence-corrected chi connectivity index (χ1v) is 11.8. The number of hydrogen-bond acceptors (Lipinski definition) is 5. The van der Waals surface area contributed by atoms with Gasteiger partial charge >= 0.3 is 5.97 Å². The van der Waals surface area contributed by atoms with Gasteiger partial charge in [0.2, 0.25) is 10.0 Å². The second-order valence-electron chi connectivity index (χ2n) is 6.49. The Hall–Kier alpha value is -1.58. The van der Waals surface area contributed by atoms with E-state index in [0.29, 0.717) is 25.3 Å². The van der Waals surface area contributed by atoms with Crippen LogP contribution in [0.15, 0.2) is 29.2 Å². The maximum absolute atomic E-state index is 12.9. The van der Waals surface area contributed by atoms with Crippen LogP contribution in [0.4, 0.5) is 0 Å². The smallest absolute Gasteiger partial charge is 0.326 e. The van der Waals surface area contributed by atoms with E-state index in [4.69, 9.17) is 0 Å². The van der Waals surface area contributed by atoms with E-state index in [1.807, 2.05) is 6.26 Å². The van der Waals surface area contributed by atoms with E-state index in [2.05, 4.69) is 5.32 Å². The van der Waals surface area contributed by atoms with Gasteiger partial charge in [-0.2, -0.15) is 16.1 Å². The van der Waals surface area contributed by atoms with Gasteiger partial charge in [-0.3, -0.25) is 4.79 Å². The van der Waals surface area contributed by atoms with Crippen LogP contribution in [0.2, 0.25) is 0 Å². The Labute approximate surface area is 164 Å². The number of aliphatic carboxylic acids is 1. The molecule has 0 aromatic heterocycles. The van der Waals surface area contributed by atoms with Crippen LogP contribution in [0, 0.1) is 0 Å². The molecule has 1 saturated heterocycles. The molecule has 0 radical (unpaired) electrons. The summed E-state index contributed by atoms with van der Waals surface area (Å²) in [5, 5.41) is 11.7. The fourth-order valence-corrected chi connectivity index (χ4v) is 5.00. The van der Waals surface area contributed by atoms with E-state index in [1.54, 1.807) is 0 Å². The molecule has 1 amide bonds. The number of carbonyl (C=O) groups is 2. The molecule has 1 atom stereocenters. The number of amides is 1. The molecule has 2 rings (SSSR count). The zero-order valence-electron chi connectivity index (χ0n) is 15.4. The highest BCUT2D eigenvalue weighted by molar-refractivity contribution is 7.98. The number of carboxylic acid groups (broad SMARTS) is 1. The van der Waals surface area contributed by atoms with Crippen molar-refractivity contribution in [1.82, 2.24) is 9.62 Å². The lowest BCUT2D eigenvalue weighted by Crippen LogP contribution is -2.41. The molecule has 1 fully saturated rings. The first-order chi connectivity index (χ1) is 12.9. The lowest BCUT2D eigenvalue weighted by molar-refractivity contribution is -0.139. The molecule has 1 heterocycles. The Bertz CT molecular complexity index is 759. The fourth-order valence-electron chi connectivity index (χ4n) is 2.96. The fraction of sp³-hybridized carbons (Fsp3) is 0.556. The minimum Gasteiger partial charge on any atom is -0.480 e. The van der Waals surface area contributed by atoms with Crippen LogP contribution in [0.5, 0.6) is 0 Å². The Balaban J connectivity index is 2.18. The van der Waals surface area contributed by atoms with Crippen molar-refractivity contribution in [1.29, 1.82) is 0 Å². The minimum absolute atomic E-state index is 0.0630.